The van der Waals surface area contributed by atoms with Crippen LogP contribution >= 0.6 is 35.0 Å². The summed E-state index contributed by atoms with van der Waals surface area (Å²) in [4.78, 5) is 34.5. The van der Waals surface area contributed by atoms with Gasteiger partial charge in [0.2, 0.25) is 0 Å². The van der Waals surface area contributed by atoms with E-state index in [1.165, 1.54) is 42.1 Å². The lowest BCUT2D eigenvalue weighted by molar-refractivity contribution is -0.387. The number of hydrogen-bond donors (Lipinski definition) is 2. The highest BCUT2D eigenvalue weighted by Crippen LogP contribution is 2.59. The summed E-state index contributed by atoms with van der Waals surface area (Å²) in [7, 11) is 0. The number of aromatic carboxylic acids is 1. The number of nitro benzene ring substituents is 2. The van der Waals surface area contributed by atoms with E-state index in [-0.39, 0.29) is 34.1 Å². The lowest BCUT2D eigenvalue weighted by Crippen LogP contribution is -2.32. The maximum atomic E-state index is 12.2. The van der Waals surface area contributed by atoms with Gasteiger partial charge in [-0.1, -0.05) is 35.9 Å². The standard InChI is InChI=1S/C25H19Cl2N3O6S/c26-16-10-9-14(25(31)32)21-20-15(23(28-24(16)21)12-5-7-13(8-6-12)29(33)34)11-19(22(20)27)37-18-4-2-1-3-17(18)30(35)36/h1-10,15,19-20,22-23,28H,11H2,(H,31,32). The second-order valence-corrected chi connectivity index (χ2v) is 11.1. The fourth-order valence-electron chi connectivity index (χ4n) is 5.38. The molecule has 0 spiro atoms. The molecule has 37 heavy (non-hydrogen) atoms. The first-order valence-electron chi connectivity index (χ1n) is 11.3. The van der Waals surface area contributed by atoms with E-state index >= 15 is 0 Å². The Labute approximate surface area is 225 Å². The molecule has 1 aliphatic heterocycles. The number of thioether (sulfide) groups is 1. The molecule has 3 aromatic carbocycles. The third kappa shape index (κ3) is 4.49. The Hall–Kier alpha value is -3.34. The van der Waals surface area contributed by atoms with Crippen LogP contribution in [-0.4, -0.2) is 31.5 Å². The second-order valence-electron chi connectivity index (χ2n) is 8.91. The zero-order valence-electron chi connectivity index (χ0n) is 18.9. The number of anilines is 1. The van der Waals surface area contributed by atoms with Gasteiger partial charge in [-0.05, 0) is 41.7 Å². The van der Waals surface area contributed by atoms with Crippen LogP contribution in [-0.2, 0) is 0 Å². The maximum Gasteiger partial charge on any atom is 0.336 e. The smallest absolute Gasteiger partial charge is 0.336 e. The van der Waals surface area contributed by atoms with Gasteiger partial charge in [-0.25, -0.2) is 4.79 Å². The predicted molar refractivity (Wildman–Crippen MR) is 141 cm³/mol. The van der Waals surface area contributed by atoms with Gasteiger partial charge in [-0.2, -0.15) is 0 Å². The minimum atomic E-state index is -1.11. The Morgan fingerprint density at radius 2 is 1.73 bits per heavy atom. The predicted octanol–water partition coefficient (Wildman–Crippen LogP) is 6.89. The van der Waals surface area contributed by atoms with Crippen LogP contribution in [0, 0.1) is 26.1 Å². The molecule has 1 fully saturated rings. The fourth-order valence-corrected chi connectivity index (χ4v) is 7.54. The van der Waals surface area contributed by atoms with Gasteiger partial charge in [0, 0.05) is 29.4 Å². The van der Waals surface area contributed by atoms with Crippen molar-refractivity contribution in [3.63, 3.8) is 0 Å². The molecule has 0 amide bonds. The lowest BCUT2D eigenvalue weighted by atomic mass is 9.75. The number of carboxylic acids is 1. The summed E-state index contributed by atoms with van der Waals surface area (Å²) in [6.07, 6.45) is 0.523. The third-order valence-corrected chi connectivity index (χ3v) is 9.38. The molecular weight excluding hydrogens is 541 g/mol. The van der Waals surface area contributed by atoms with Crippen LogP contribution in [0.25, 0.3) is 0 Å². The van der Waals surface area contributed by atoms with E-state index in [4.69, 9.17) is 23.2 Å². The average molecular weight is 560 g/mol. The van der Waals surface area contributed by atoms with Gasteiger partial charge in [0.05, 0.1) is 42.4 Å². The largest absolute Gasteiger partial charge is 0.478 e. The van der Waals surface area contributed by atoms with E-state index < -0.39 is 27.1 Å². The number of rotatable bonds is 6. The Kier molecular flexibility index (Phi) is 6.74. The molecule has 190 valence electrons. The number of nitrogens with zero attached hydrogens (tertiary/aromatic N) is 2. The summed E-state index contributed by atoms with van der Waals surface area (Å²) in [5, 5.41) is 35.6. The molecule has 1 heterocycles. The average Bonchev–Trinajstić information content (AvgIpc) is 3.19. The lowest BCUT2D eigenvalue weighted by Gasteiger charge is -2.39. The molecule has 0 radical (unpaired) electrons. The summed E-state index contributed by atoms with van der Waals surface area (Å²) in [5.74, 6) is -1.74. The third-order valence-electron chi connectivity index (χ3n) is 6.95. The van der Waals surface area contributed by atoms with Gasteiger partial charge in [0.15, 0.2) is 0 Å². The van der Waals surface area contributed by atoms with Gasteiger partial charge < -0.3 is 10.4 Å². The summed E-state index contributed by atoms with van der Waals surface area (Å²) < 4.78 is 0. The summed E-state index contributed by atoms with van der Waals surface area (Å²) >= 11 is 14.9. The van der Waals surface area contributed by atoms with Crippen LogP contribution in [0.5, 0.6) is 0 Å². The molecule has 1 saturated carbocycles. The zero-order chi connectivity index (χ0) is 26.4. The first-order valence-corrected chi connectivity index (χ1v) is 13.0. The molecule has 5 atom stereocenters. The van der Waals surface area contributed by atoms with E-state index in [0.717, 1.165) is 5.56 Å². The van der Waals surface area contributed by atoms with Crippen LogP contribution < -0.4 is 5.32 Å². The van der Waals surface area contributed by atoms with Crippen LogP contribution in [0.2, 0.25) is 5.02 Å². The second kappa shape index (κ2) is 9.85. The molecule has 0 bridgehead atoms. The number of non-ortho nitro benzene ring substituents is 1. The van der Waals surface area contributed by atoms with E-state index in [1.54, 1.807) is 30.3 Å². The van der Waals surface area contributed by atoms with Crippen molar-refractivity contribution in [2.75, 3.05) is 5.32 Å². The highest BCUT2D eigenvalue weighted by atomic mass is 35.5. The summed E-state index contributed by atoms with van der Waals surface area (Å²) in [6, 6.07) is 15.2. The number of carboxylic acid groups (broad SMARTS) is 1. The monoisotopic (exact) mass is 559 g/mol. The van der Waals surface area contributed by atoms with E-state index in [9.17, 15) is 30.1 Å². The number of carbonyl (C=O) groups is 1. The van der Waals surface area contributed by atoms with E-state index in [2.05, 4.69) is 5.32 Å². The Bertz CT molecular complexity index is 1420. The van der Waals surface area contributed by atoms with Crippen molar-refractivity contribution in [1.82, 2.24) is 0 Å². The molecule has 12 heteroatoms. The first kappa shape index (κ1) is 25.3. The maximum absolute atomic E-state index is 12.2. The summed E-state index contributed by atoms with van der Waals surface area (Å²) in [6.45, 7) is 0. The normalized spacial score (nSPS) is 24.0. The topological polar surface area (TPSA) is 136 Å². The van der Waals surface area contributed by atoms with Crippen LogP contribution in [0.1, 0.15) is 39.9 Å². The van der Waals surface area contributed by atoms with Crippen molar-refractivity contribution >= 4 is 58.0 Å². The molecule has 1 aliphatic carbocycles. The van der Waals surface area contributed by atoms with Crippen molar-refractivity contribution in [1.29, 1.82) is 0 Å². The number of halogens is 2. The van der Waals surface area contributed by atoms with E-state index in [0.29, 0.717) is 27.6 Å². The number of fused-ring (bicyclic) bond motifs is 3. The van der Waals surface area contributed by atoms with Gasteiger partial charge in [0.25, 0.3) is 11.4 Å². The summed E-state index contributed by atoms with van der Waals surface area (Å²) in [5.41, 5.74) is 1.76. The Balaban J connectivity index is 1.60. The molecule has 2 aliphatic rings. The Morgan fingerprint density at radius 1 is 1.03 bits per heavy atom. The number of para-hydroxylation sites is 1. The van der Waals surface area contributed by atoms with E-state index in [1.807, 2.05) is 0 Å². The van der Waals surface area contributed by atoms with Gasteiger partial charge in [-0.15, -0.1) is 23.4 Å². The van der Waals surface area contributed by atoms with Gasteiger partial charge in [-0.3, -0.25) is 20.2 Å². The highest BCUT2D eigenvalue weighted by molar-refractivity contribution is 8.00. The molecule has 5 rings (SSSR count). The molecule has 5 unspecified atom stereocenters. The number of hydrogen-bond acceptors (Lipinski definition) is 7. The van der Waals surface area contributed by atoms with Gasteiger partial charge in [0.1, 0.15) is 0 Å². The van der Waals surface area contributed by atoms with Crippen molar-refractivity contribution in [3.8, 4) is 0 Å². The number of alkyl halides is 1. The quantitative estimate of drug-likeness (QED) is 0.189. The highest BCUT2D eigenvalue weighted by Gasteiger charge is 2.52. The SMILES string of the molecule is O=C(O)c1ccc(Cl)c2c1C1C(Cl)C(Sc3ccccc3[N+](=O)[O-])CC1C(c1ccc([N+](=O)[O-])cc1)N2. The van der Waals surface area contributed by atoms with Crippen molar-refractivity contribution < 1.29 is 19.7 Å². The van der Waals surface area contributed by atoms with Crippen LogP contribution in [0.3, 0.4) is 0 Å². The molecular formula is C25H19Cl2N3O6S. The van der Waals surface area contributed by atoms with Crippen molar-refractivity contribution in [3.05, 3.63) is 103 Å². The number of benzene rings is 3. The first-order chi connectivity index (χ1) is 17.7. The van der Waals surface area contributed by atoms with Gasteiger partial charge >= 0.3 is 5.97 Å². The molecule has 9 nitrogen and oxygen atoms in total. The molecule has 0 saturated heterocycles. The molecule has 3 aromatic rings. The molecule has 0 aromatic heterocycles. The fraction of sp³-hybridized carbons (Fsp3) is 0.240. The molecule has 2 N–H and O–H groups in total. The van der Waals surface area contributed by atoms with Crippen molar-refractivity contribution in [2.45, 2.75) is 33.9 Å². The van der Waals surface area contributed by atoms with Crippen LogP contribution in [0.15, 0.2) is 65.6 Å². The zero-order valence-corrected chi connectivity index (χ0v) is 21.2. The number of nitro groups is 2. The van der Waals surface area contributed by atoms with Crippen LogP contribution in [0.4, 0.5) is 17.1 Å². The Morgan fingerprint density at radius 3 is 2.38 bits per heavy atom. The minimum Gasteiger partial charge on any atom is -0.478 e. The van der Waals surface area contributed by atoms with Crippen molar-refractivity contribution in [2.24, 2.45) is 5.92 Å². The minimum absolute atomic E-state index is 0.0223. The number of nitrogens with one attached hydrogen (secondary N) is 1.